The van der Waals surface area contributed by atoms with E-state index in [9.17, 15) is 28.2 Å². The van der Waals surface area contributed by atoms with E-state index >= 15 is 0 Å². The van der Waals surface area contributed by atoms with Crippen molar-refractivity contribution in [2.75, 3.05) is 11.9 Å². The summed E-state index contributed by atoms with van der Waals surface area (Å²) < 4.78 is 37.9. The number of phenolic OH excluding ortho intramolecular Hbond substituents is 2. The predicted molar refractivity (Wildman–Crippen MR) is 90.1 cm³/mol. The van der Waals surface area contributed by atoms with E-state index in [4.69, 9.17) is 0 Å². The lowest BCUT2D eigenvalue weighted by molar-refractivity contribution is -0.137. The minimum absolute atomic E-state index is 0.117. The number of carbonyl (C=O) groups excluding carboxylic acids is 1. The average Bonchev–Trinajstić information content (AvgIpc) is 2.57. The fourth-order valence-electron chi connectivity index (χ4n) is 2.06. The number of anilines is 1. The molecule has 0 radical (unpaired) electrons. The number of benzene rings is 2. The Labute approximate surface area is 147 Å². The number of carbonyl (C=O) groups is 1. The van der Waals surface area contributed by atoms with Crippen molar-refractivity contribution in [2.45, 2.75) is 13.1 Å². The van der Waals surface area contributed by atoms with Gasteiger partial charge in [-0.15, -0.1) is 0 Å². The SMILES string of the molecule is C/C(=N/NC(=O)CNc1cccc(C(F)(F)F)c1)c1ccc(O)cc1O. The molecule has 2 aromatic rings. The van der Waals surface area contributed by atoms with E-state index in [0.29, 0.717) is 5.56 Å². The molecule has 0 saturated heterocycles. The van der Waals surface area contributed by atoms with E-state index in [1.807, 2.05) is 0 Å². The third kappa shape index (κ3) is 5.13. The Morgan fingerprint density at radius 3 is 2.54 bits per heavy atom. The van der Waals surface area contributed by atoms with Crippen LogP contribution in [-0.2, 0) is 11.0 Å². The molecule has 0 fully saturated rings. The van der Waals surface area contributed by atoms with E-state index in [1.165, 1.54) is 31.2 Å². The minimum atomic E-state index is -4.46. The lowest BCUT2D eigenvalue weighted by Crippen LogP contribution is -2.26. The Bertz CT molecular complexity index is 835. The maximum Gasteiger partial charge on any atom is 0.416 e. The molecular formula is C17H16F3N3O3. The van der Waals surface area contributed by atoms with Crippen LogP contribution in [0.1, 0.15) is 18.1 Å². The topological polar surface area (TPSA) is 94.0 Å². The molecule has 2 aromatic carbocycles. The molecule has 0 unspecified atom stereocenters. The summed E-state index contributed by atoms with van der Waals surface area (Å²) in [5.41, 5.74) is 2.15. The number of amides is 1. The van der Waals surface area contributed by atoms with Gasteiger partial charge in [-0.3, -0.25) is 4.79 Å². The summed E-state index contributed by atoms with van der Waals surface area (Å²) >= 11 is 0. The highest BCUT2D eigenvalue weighted by atomic mass is 19.4. The Hall–Kier alpha value is -3.23. The highest BCUT2D eigenvalue weighted by Crippen LogP contribution is 2.30. The Balaban J connectivity index is 1.95. The molecule has 0 aliphatic rings. The van der Waals surface area contributed by atoms with Gasteiger partial charge in [0.2, 0.25) is 0 Å². The molecule has 4 N–H and O–H groups in total. The largest absolute Gasteiger partial charge is 0.508 e. The van der Waals surface area contributed by atoms with Crippen molar-refractivity contribution >= 4 is 17.3 Å². The molecule has 6 nitrogen and oxygen atoms in total. The zero-order valence-electron chi connectivity index (χ0n) is 13.6. The Kier molecular flexibility index (Phi) is 5.71. The van der Waals surface area contributed by atoms with Gasteiger partial charge in [-0.1, -0.05) is 6.07 Å². The number of rotatable bonds is 5. The summed E-state index contributed by atoms with van der Waals surface area (Å²) in [6.45, 7) is 1.24. The first-order chi connectivity index (χ1) is 12.2. The van der Waals surface area contributed by atoms with Crippen molar-refractivity contribution in [1.82, 2.24) is 5.43 Å². The van der Waals surface area contributed by atoms with Crippen molar-refractivity contribution in [2.24, 2.45) is 5.10 Å². The van der Waals surface area contributed by atoms with Crippen molar-refractivity contribution in [3.63, 3.8) is 0 Å². The van der Waals surface area contributed by atoms with E-state index in [1.54, 1.807) is 0 Å². The normalized spacial score (nSPS) is 11.9. The van der Waals surface area contributed by atoms with E-state index in [0.717, 1.165) is 18.2 Å². The second kappa shape index (κ2) is 7.77. The molecule has 2 rings (SSSR count). The maximum atomic E-state index is 12.6. The zero-order valence-corrected chi connectivity index (χ0v) is 13.6. The highest BCUT2D eigenvalue weighted by Gasteiger charge is 2.30. The van der Waals surface area contributed by atoms with Gasteiger partial charge in [-0.05, 0) is 37.3 Å². The second-order valence-electron chi connectivity index (χ2n) is 5.37. The number of hydrogen-bond donors (Lipinski definition) is 4. The van der Waals surface area contributed by atoms with Crippen LogP contribution in [0.25, 0.3) is 0 Å². The molecule has 0 bridgehead atoms. The molecule has 1 amide bonds. The molecule has 0 spiro atoms. The first-order valence-corrected chi connectivity index (χ1v) is 7.43. The number of halogens is 3. The van der Waals surface area contributed by atoms with Crippen molar-refractivity contribution in [1.29, 1.82) is 0 Å². The zero-order chi connectivity index (χ0) is 19.3. The van der Waals surface area contributed by atoms with Gasteiger partial charge in [-0.25, -0.2) is 5.43 Å². The fraction of sp³-hybridized carbons (Fsp3) is 0.176. The number of phenols is 2. The standard InChI is InChI=1S/C17H16F3N3O3/c1-10(14-6-5-13(24)8-15(14)25)22-23-16(26)9-21-12-4-2-3-11(7-12)17(18,19)20/h2-8,21,24-25H,9H2,1H3,(H,23,26)/b22-10-. The fourth-order valence-corrected chi connectivity index (χ4v) is 2.06. The molecular weight excluding hydrogens is 351 g/mol. The molecule has 0 saturated carbocycles. The monoisotopic (exact) mass is 367 g/mol. The van der Waals surface area contributed by atoms with Gasteiger partial charge in [0.25, 0.3) is 5.91 Å². The summed E-state index contributed by atoms with van der Waals surface area (Å²) in [6, 6.07) is 8.39. The molecule has 0 aliphatic carbocycles. The van der Waals surface area contributed by atoms with Gasteiger partial charge in [0.15, 0.2) is 0 Å². The second-order valence-corrected chi connectivity index (χ2v) is 5.37. The average molecular weight is 367 g/mol. The summed E-state index contributed by atoms with van der Waals surface area (Å²) in [7, 11) is 0. The van der Waals surface area contributed by atoms with E-state index in [2.05, 4.69) is 15.8 Å². The number of aromatic hydroxyl groups is 2. The maximum absolute atomic E-state index is 12.6. The summed E-state index contributed by atoms with van der Waals surface area (Å²) in [5.74, 6) is -0.906. The van der Waals surface area contributed by atoms with Gasteiger partial charge in [0.1, 0.15) is 11.5 Å². The van der Waals surface area contributed by atoms with Crippen LogP contribution >= 0.6 is 0 Å². The van der Waals surface area contributed by atoms with Crippen LogP contribution in [0.2, 0.25) is 0 Å². The smallest absolute Gasteiger partial charge is 0.416 e. The van der Waals surface area contributed by atoms with Crippen LogP contribution in [0, 0.1) is 0 Å². The number of hydrazone groups is 1. The van der Waals surface area contributed by atoms with Crippen molar-refractivity contribution in [3.8, 4) is 11.5 Å². The van der Waals surface area contributed by atoms with Crippen LogP contribution in [-0.4, -0.2) is 28.4 Å². The third-order valence-electron chi connectivity index (χ3n) is 3.36. The molecule has 138 valence electrons. The van der Waals surface area contributed by atoms with E-state index in [-0.39, 0.29) is 29.4 Å². The summed E-state index contributed by atoms with van der Waals surface area (Å²) in [5, 5.41) is 25.3. The van der Waals surface area contributed by atoms with Gasteiger partial charge in [-0.2, -0.15) is 18.3 Å². The summed E-state index contributed by atoms with van der Waals surface area (Å²) in [4.78, 5) is 11.8. The van der Waals surface area contributed by atoms with Crippen LogP contribution in [0.3, 0.4) is 0 Å². The first kappa shape index (κ1) is 19.1. The van der Waals surface area contributed by atoms with Crippen molar-refractivity contribution < 1.29 is 28.2 Å². The summed E-state index contributed by atoms with van der Waals surface area (Å²) in [6.07, 6.45) is -4.46. The number of nitrogens with one attached hydrogen (secondary N) is 2. The van der Waals surface area contributed by atoms with Gasteiger partial charge in [0.05, 0.1) is 17.8 Å². The highest BCUT2D eigenvalue weighted by molar-refractivity contribution is 6.01. The van der Waals surface area contributed by atoms with Crippen LogP contribution in [0.15, 0.2) is 47.6 Å². The first-order valence-electron chi connectivity index (χ1n) is 7.43. The van der Waals surface area contributed by atoms with Crippen LogP contribution in [0.5, 0.6) is 11.5 Å². The Morgan fingerprint density at radius 1 is 1.15 bits per heavy atom. The predicted octanol–water partition coefficient (Wildman–Crippen LogP) is 3.07. The van der Waals surface area contributed by atoms with Crippen molar-refractivity contribution in [3.05, 3.63) is 53.6 Å². The molecule has 0 aromatic heterocycles. The Morgan fingerprint density at radius 2 is 1.88 bits per heavy atom. The quantitative estimate of drug-likeness (QED) is 0.483. The molecule has 9 heteroatoms. The molecule has 0 heterocycles. The van der Waals surface area contributed by atoms with Crippen LogP contribution in [0.4, 0.5) is 18.9 Å². The number of nitrogens with zero attached hydrogens (tertiary/aromatic N) is 1. The van der Waals surface area contributed by atoms with Gasteiger partial charge >= 0.3 is 6.18 Å². The minimum Gasteiger partial charge on any atom is -0.508 e. The molecule has 26 heavy (non-hydrogen) atoms. The van der Waals surface area contributed by atoms with Crippen LogP contribution < -0.4 is 10.7 Å². The lowest BCUT2D eigenvalue weighted by Gasteiger charge is -2.10. The number of hydrogen-bond acceptors (Lipinski definition) is 5. The molecule has 0 atom stereocenters. The van der Waals surface area contributed by atoms with Gasteiger partial charge in [0, 0.05) is 17.3 Å². The van der Waals surface area contributed by atoms with E-state index < -0.39 is 17.6 Å². The van der Waals surface area contributed by atoms with Gasteiger partial charge < -0.3 is 15.5 Å². The third-order valence-corrected chi connectivity index (χ3v) is 3.36. The molecule has 0 aliphatic heterocycles. The number of alkyl halides is 3. The lowest BCUT2D eigenvalue weighted by atomic mass is 10.1.